The summed E-state index contributed by atoms with van der Waals surface area (Å²) in [5, 5.41) is 22.9. The molecule has 3 N–H and O–H groups in total. The van der Waals surface area contributed by atoms with Gasteiger partial charge in [-0.25, -0.2) is 9.97 Å². The Morgan fingerprint density at radius 2 is 1.78 bits per heavy atom. The predicted octanol–water partition coefficient (Wildman–Crippen LogP) is 4.67. The van der Waals surface area contributed by atoms with Crippen molar-refractivity contribution in [2.24, 2.45) is 0 Å². The van der Waals surface area contributed by atoms with Crippen molar-refractivity contribution >= 4 is 17.3 Å². The Kier molecular flexibility index (Phi) is 4.16. The summed E-state index contributed by atoms with van der Waals surface area (Å²) in [4.78, 5) is 8.90. The molecule has 0 fully saturated rings. The summed E-state index contributed by atoms with van der Waals surface area (Å²) in [6.45, 7) is 4.32. The molecule has 0 saturated carbocycles. The number of nitrogens with one attached hydrogen (secondary N) is 1. The zero-order valence-corrected chi connectivity index (χ0v) is 15.1. The fraction of sp³-hybridized carbons (Fsp3) is 0.143. The Hall–Kier alpha value is -3.54. The third-order valence-corrected chi connectivity index (χ3v) is 4.49. The predicted molar refractivity (Wildman–Crippen MR) is 106 cm³/mol. The van der Waals surface area contributed by atoms with E-state index in [-0.39, 0.29) is 11.5 Å². The van der Waals surface area contributed by atoms with Crippen LogP contribution < -0.4 is 5.32 Å². The van der Waals surface area contributed by atoms with Crippen molar-refractivity contribution in [1.29, 1.82) is 0 Å². The van der Waals surface area contributed by atoms with E-state index in [2.05, 4.69) is 41.3 Å². The molecule has 27 heavy (non-hydrogen) atoms. The molecule has 0 atom stereocenters. The molecule has 0 saturated heterocycles. The van der Waals surface area contributed by atoms with Crippen molar-refractivity contribution in [3.8, 4) is 22.8 Å². The largest absolute Gasteiger partial charge is 0.504 e. The molecule has 0 aliphatic heterocycles. The highest BCUT2D eigenvalue weighted by molar-refractivity contribution is 5.80. The normalized spacial score (nSPS) is 11.2. The number of rotatable bonds is 4. The van der Waals surface area contributed by atoms with Gasteiger partial charge in [0, 0.05) is 23.6 Å². The number of benzene rings is 2. The van der Waals surface area contributed by atoms with Crippen molar-refractivity contribution in [2.45, 2.75) is 19.8 Å². The molecule has 2 aromatic heterocycles. The van der Waals surface area contributed by atoms with E-state index in [1.807, 2.05) is 28.8 Å². The van der Waals surface area contributed by atoms with Crippen LogP contribution in [0.15, 0.2) is 60.9 Å². The lowest BCUT2D eigenvalue weighted by atomic mass is 10.0. The molecular formula is C21H20N4O2. The molecule has 6 heteroatoms. The highest BCUT2D eigenvalue weighted by atomic mass is 16.3. The third-order valence-electron chi connectivity index (χ3n) is 4.49. The van der Waals surface area contributed by atoms with Gasteiger partial charge in [-0.15, -0.1) is 0 Å². The van der Waals surface area contributed by atoms with Crippen molar-refractivity contribution in [3.05, 3.63) is 66.5 Å². The zero-order valence-electron chi connectivity index (χ0n) is 15.1. The van der Waals surface area contributed by atoms with Gasteiger partial charge in [-0.1, -0.05) is 26.0 Å². The highest BCUT2D eigenvalue weighted by Crippen LogP contribution is 2.35. The van der Waals surface area contributed by atoms with Crippen molar-refractivity contribution in [2.75, 3.05) is 5.32 Å². The summed E-state index contributed by atoms with van der Waals surface area (Å²) < 4.78 is 1.86. The lowest BCUT2D eigenvalue weighted by Crippen LogP contribution is -1.98. The second kappa shape index (κ2) is 6.64. The van der Waals surface area contributed by atoms with Gasteiger partial charge in [-0.2, -0.15) is 0 Å². The average molecular weight is 360 g/mol. The molecule has 0 aliphatic rings. The first-order valence-corrected chi connectivity index (χ1v) is 8.75. The quantitative estimate of drug-likeness (QED) is 0.461. The van der Waals surface area contributed by atoms with Gasteiger partial charge in [0.05, 0.1) is 0 Å². The minimum Gasteiger partial charge on any atom is -0.504 e. The molecular weight excluding hydrogens is 340 g/mol. The van der Waals surface area contributed by atoms with Gasteiger partial charge in [0.1, 0.15) is 11.5 Å². The van der Waals surface area contributed by atoms with Crippen LogP contribution in [0.3, 0.4) is 0 Å². The van der Waals surface area contributed by atoms with Crippen LogP contribution in [0, 0.1) is 0 Å². The number of nitrogens with zero attached hydrogens (tertiary/aromatic N) is 3. The second-order valence-electron chi connectivity index (χ2n) is 6.70. The smallest absolute Gasteiger partial charge is 0.235 e. The molecule has 136 valence electrons. The van der Waals surface area contributed by atoms with Crippen LogP contribution in [0.4, 0.5) is 11.5 Å². The molecule has 4 aromatic rings. The number of aromatic hydroxyl groups is 2. The maximum atomic E-state index is 9.88. The van der Waals surface area contributed by atoms with Gasteiger partial charge in [0.15, 0.2) is 11.5 Å². The highest BCUT2D eigenvalue weighted by Gasteiger charge is 2.16. The van der Waals surface area contributed by atoms with Crippen LogP contribution in [0.5, 0.6) is 11.5 Å². The first-order valence-electron chi connectivity index (χ1n) is 8.75. The van der Waals surface area contributed by atoms with Crippen LogP contribution in [0.25, 0.3) is 17.0 Å². The molecule has 0 amide bonds. The van der Waals surface area contributed by atoms with E-state index in [9.17, 15) is 10.2 Å². The molecule has 6 nitrogen and oxygen atoms in total. The van der Waals surface area contributed by atoms with Gasteiger partial charge in [-0.05, 0) is 47.9 Å². The van der Waals surface area contributed by atoms with E-state index in [1.165, 1.54) is 17.7 Å². The lowest BCUT2D eigenvalue weighted by Gasteiger charge is -2.11. The molecule has 0 aliphatic carbocycles. The maximum absolute atomic E-state index is 9.88. The fourth-order valence-electron chi connectivity index (χ4n) is 2.97. The molecule has 0 unspecified atom stereocenters. The first-order chi connectivity index (χ1) is 13.0. The van der Waals surface area contributed by atoms with E-state index in [4.69, 9.17) is 0 Å². The number of hydrogen-bond donors (Lipinski definition) is 3. The van der Waals surface area contributed by atoms with Gasteiger partial charge in [-0.3, -0.25) is 4.40 Å². The summed E-state index contributed by atoms with van der Waals surface area (Å²) in [7, 11) is 0. The molecule has 4 rings (SSSR count). The number of anilines is 2. The first kappa shape index (κ1) is 16.9. The van der Waals surface area contributed by atoms with Crippen LogP contribution in [0.2, 0.25) is 0 Å². The van der Waals surface area contributed by atoms with Gasteiger partial charge >= 0.3 is 0 Å². The van der Waals surface area contributed by atoms with E-state index >= 15 is 0 Å². The minimum atomic E-state index is -0.190. The SMILES string of the molecule is CC(C)c1ccc(Nc2c(-c3ccc(O)c(O)c3)nc3ncccn23)cc1. The Labute approximate surface area is 156 Å². The van der Waals surface area contributed by atoms with E-state index in [1.54, 1.807) is 12.3 Å². The number of phenolic OH excluding ortho intramolecular Hbond substituents is 2. The summed E-state index contributed by atoms with van der Waals surface area (Å²) in [5.41, 5.74) is 3.51. The monoisotopic (exact) mass is 360 g/mol. The summed E-state index contributed by atoms with van der Waals surface area (Å²) in [5.74, 6) is 1.39. The molecule has 2 aromatic carbocycles. The summed E-state index contributed by atoms with van der Waals surface area (Å²) >= 11 is 0. The van der Waals surface area contributed by atoms with Gasteiger partial charge in [0.25, 0.3) is 0 Å². The number of phenols is 2. The number of imidazole rings is 1. The lowest BCUT2D eigenvalue weighted by molar-refractivity contribution is 0.404. The standard InChI is InChI=1S/C21H20N4O2/c1-13(2)14-4-7-16(8-5-14)23-20-19(15-6-9-17(26)18(27)12-15)24-21-22-10-3-11-25(20)21/h3-13,23,26-27H,1-2H3. The molecule has 2 heterocycles. The number of fused-ring (bicyclic) bond motifs is 1. The van der Waals surface area contributed by atoms with Crippen LogP contribution in [-0.4, -0.2) is 24.6 Å². The number of aromatic nitrogens is 3. The molecule has 0 bridgehead atoms. The topological polar surface area (TPSA) is 82.7 Å². The molecule has 0 spiro atoms. The Morgan fingerprint density at radius 3 is 2.48 bits per heavy atom. The van der Waals surface area contributed by atoms with Crippen molar-refractivity contribution in [1.82, 2.24) is 14.4 Å². The van der Waals surface area contributed by atoms with E-state index in [0.29, 0.717) is 23.0 Å². The van der Waals surface area contributed by atoms with Crippen molar-refractivity contribution in [3.63, 3.8) is 0 Å². The van der Waals surface area contributed by atoms with Crippen molar-refractivity contribution < 1.29 is 10.2 Å². The van der Waals surface area contributed by atoms with Gasteiger partial charge < -0.3 is 15.5 Å². The summed E-state index contributed by atoms with van der Waals surface area (Å²) in [6, 6.07) is 14.7. The van der Waals surface area contributed by atoms with Gasteiger partial charge in [0.2, 0.25) is 5.78 Å². The second-order valence-corrected chi connectivity index (χ2v) is 6.70. The Bertz CT molecular complexity index is 1100. The third kappa shape index (κ3) is 3.17. The Balaban J connectivity index is 1.81. The van der Waals surface area contributed by atoms with E-state index in [0.717, 1.165) is 11.5 Å². The Morgan fingerprint density at radius 1 is 1.00 bits per heavy atom. The van der Waals surface area contributed by atoms with Crippen LogP contribution in [-0.2, 0) is 0 Å². The average Bonchev–Trinajstić information content (AvgIpc) is 3.03. The summed E-state index contributed by atoms with van der Waals surface area (Å²) in [6.07, 6.45) is 3.56. The molecule has 0 radical (unpaired) electrons. The zero-order chi connectivity index (χ0) is 19.0. The van der Waals surface area contributed by atoms with Crippen LogP contribution >= 0.6 is 0 Å². The van der Waals surface area contributed by atoms with Crippen LogP contribution in [0.1, 0.15) is 25.3 Å². The fourth-order valence-corrected chi connectivity index (χ4v) is 2.97. The maximum Gasteiger partial charge on any atom is 0.235 e. The number of hydrogen-bond acceptors (Lipinski definition) is 5. The van der Waals surface area contributed by atoms with E-state index < -0.39 is 0 Å². The minimum absolute atomic E-state index is 0.167.